The van der Waals surface area contributed by atoms with E-state index in [1.807, 2.05) is 6.92 Å². The van der Waals surface area contributed by atoms with E-state index in [-0.39, 0.29) is 0 Å². The number of hydrogen-bond acceptors (Lipinski definition) is 2. The summed E-state index contributed by atoms with van der Waals surface area (Å²) in [5.74, 6) is 0. The number of hydrogen-bond donors (Lipinski definition) is 2. The topological polar surface area (TPSA) is 40.5 Å². The van der Waals surface area contributed by atoms with Crippen molar-refractivity contribution in [3.63, 3.8) is 0 Å². The Labute approximate surface area is 102 Å². The van der Waals surface area contributed by atoms with Crippen molar-refractivity contribution in [1.29, 1.82) is 0 Å². The molecule has 2 nitrogen and oxygen atoms in total. The lowest BCUT2D eigenvalue weighted by Crippen LogP contribution is -2.38. The van der Waals surface area contributed by atoms with Gasteiger partial charge in [-0.2, -0.15) is 0 Å². The molecular formula is C5H9I3O2. The normalized spacial score (nSPS) is 13.8. The summed E-state index contributed by atoms with van der Waals surface area (Å²) in [6.45, 7) is 2.02. The minimum Gasteiger partial charge on any atom is -0.356 e. The summed E-state index contributed by atoms with van der Waals surface area (Å²) >= 11 is 5.76. The van der Waals surface area contributed by atoms with Crippen LogP contribution in [0.2, 0.25) is 0 Å². The first-order valence-corrected chi connectivity index (χ1v) is 6.06. The molecule has 0 spiro atoms. The number of aliphatic hydroxyl groups is 2. The molecule has 0 amide bonds. The van der Waals surface area contributed by atoms with Gasteiger partial charge in [0.1, 0.15) is 1.43 Å². The van der Waals surface area contributed by atoms with Gasteiger partial charge in [0.15, 0.2) is 0 Å². The highest BCUT2D eigenvalue weighted by Crippen LogP contribution is 2.44. The van der Waals surface area contributed by atoms with E-state index in [1.165, 1.54) is 0 Å². The molecule has 0 radical (unpaired) electrons. The van der Waals surface area contributed by atoms with Gasteiger partial charge in [-0.05, 0) is 29.0 Å². The number of rotatable bonds is 3. The van der Waals surface area contributed by atoms with E-state index in [0.717, 1.165) is 12.8 Å². The predicted octanol–water partition coefficient (Wildman–Crippen LogP) is 2.43. The van der Waals surface area contributed by atoms with Crippen LogP contribution in [0, 0.1) is 0 Å². The molecule has 5 heteroatoms. The van der Waals surface area contributed by atoms with Crippen molar-refractivity contribution >= 4 is 67.8 Å². The standard InChI is InChI=1S/C5H9I3O2/c1-2-3-4(6,7)5(8,9)10/h9-10H,2-3H2,1H3. The summed E-state index contributed by atoms with van der Waals surface area (Å²) in [5.41, 5.74) is 0. The minimum atomic E-state index is -1.61. The third kappa shape index (κ3) is 3.68. The molecule has 0 aromatic heterocycles. The van der Waals surface area contributed by atoms with Gasteiger partial charge in [-0.1, -0.05) is 58.5 Å². The number of halogens is 3. The fourth-order valence-electron chi connectivity index (χ4n) is 0.473. The van der Waals surface area contributed by atoms with E-state index in [2.05, 4.69) is 45.2 Å². The first-order valence-electron chi connectivity index (χ1n) is 2.82. The molecule has 0 aromatic rings. The molecule has 0 saturated carbocycles. The molecule has 0 saturated heterocycles. The van der Waals surface area contributed by atoms with Crippen LogP contribution < -0.4 is 0 Å². The molecule has 0 rings (SSSR count). The van der Waals surface area contributed by atoms with Gasteiger partial charge in [-0.15, -0.1) is 0 Å². The molecule has 0 aliphatic rings. The average molecular weight is 482 g/mol. The maximum Gasteiger partial charge on any atom is 0.240 e. The van der Waals surface area contributed by atoms with E-state index >= 15 is 0 Å². The van der Waals surface area contributed by atoms with Crippen LogP contribution in [-0.4, -0.2) is 15.4 Å². The van der Waals surface area contributed by atoms with Gasteiger partial charge in [0.2, 0.25) is 3.79 Å². The Morgan fingerprint density at radius 2 is 1.60 bits per heavy atom. The van der Waals surface area contributed by atoms with Crippen LogP contribution in [0.25, 0.3) is 0 Å². The lowest BCUT2D eigenvalue weighted by atomic mass is 10.2. The van der Waals surface area contributed by atoms with Crippen LogP contribution in [0.3, 0.4) is 0 Å². The van der Waals surface area contributed by atoms with Crippen LogP contribution in [0.1, 0.15) is 19.8 Å². The molecule has 0 aliphatic heterocycles. The summed E-state index contributed by atoms with van der Waals surface area (Å²) < 4.78 is -2.08. The molecular weight excluding hydrogens is 473 g/mol. The first-order chi connectivity index (χ1) is 4.31. The van der Waals surface area contributed by atoms with Crippen LogP contribution in [0.15, 0.2) is 0 Å². The van der Waals surface area contributed by atoms with Gasteiger partial charge in [-0.25, -0.2) is 0 Å². The van der Waals surface area contributed by atoms with Crippen molar-refractivity contribution in [3.05, 3.63) is 0 Å². The summed E-state index contributed by atoms with van der Waals surface area (Å²) in [7, 11) is 0. The molecule has 0 atom stereocenters. The average Bonchev–Trinajstić information content (AvgIpc) is 1.61. The second kappa shape index (κ2) is 4.38. The van der Waals surface area contributed by atoms with Crippen molar-refractivity contribution in [3.8, 4) is 0 Å². The second-order valence-electron chi connectivity index (χ2n) is 2.04. The third-order valence-electron chi connectivity index (χ3n) is 1.03. The van der Waals surface area contributed by atoms with E-state index in [1.54, 1.807) is 22.6 Å². The molecule has 0 fully saturated rings. The Bertz CT molecular complexity index is 108. The summed E-state index contributed by atoms with van der Waals surface area (Å²) in [6, 6.07) is 0. The monoisotopic (exact) mass is 482 g/mol. The van der Waals surface area contributed by atoms with E-state index in [9.17, 15) is 10.2 Å². The molecule has 2 N–H and O–H groups in total. The summed E-state index contributed by atoms with van der Waals surface area (Å²) in [5, 5.41) is 18.4. The van der Waals surface area contributed by atoms with Gasteiger partial charge < -0.3 is 10.2 Å². The van der Waals surface area contributed by atoms with Gasteiger partial charge >= 0.3 is 0 Å². The number of alkyl halides is 3. The highest BCUT2D eigenvalue weighted by atomic mass is 127. The zero-order valence-corrected chi connectivity index (χ0v) is 11.9. The molecule has 0 heterocycles. The molecule has 10 heavy (non-hydrogen) atoms. The lowest BCUT2D eigenvalue weighted by Gasteiger charge is -2.29. The molecule has 62 valence electrons. The largest absolute Gasteiger partial charge is 0.356 e. The van der Waals surface area contributed by atoms with E-state index in [0.29, 0.717) is 0 Å². The molecule has 0 aliphatic carbocycles. The summed E-state index contributed by atoms with van der Waals surface area (Å²) in [4.78, 5) is 0. The van der Waals surface area contributed by atoms with Crippen LogP contribution in [0.4, 0.5) is 0 Å². The van der Waals surface area contributed by atoms with E-state index in [4.69, 9.17) is 0 Å². The maximum atomic E-state index is 9.20. The van der Waals surface area contributed by atoms with Crippen molar-refractivity contribution in [1.82, 2.24) is 0 Å². The van der Waals surface area contributed by atoms with Crippen molar-refractivity contribution in [2.75, 3.05) is 0 Å². The fraction of sp³-hybridized carbons (Fsp3) is 1.00. The Morgan fingerprint density at radius 3 is 1.70 bits per heavy atom. The Hall–Kier alpha value is 2.11. The molecule has 0 aromatic carbocycles. The predicted molar refractivity (Wildman–Crippen MR) is 66.9 cm³/mol. The third-order valence-corrected chi connectivity index (χ3v) is 6.60. The maximum absolute atomic E-state index is 9.20. The first kappa shape index (κ1) is 12.1. The SMILES string of the molecule is CCCC(I)(I)C(O)(O)I. The van der Waals surface area contributed by atoms with Gasteiger partial charge in [-0.3, -0.25) is 0 Å². The lowest BCUT2D eigenvalue weighted by molar-refractivity contribution is -0.0596. The zero-order chi connectivity index (χ0) is 8.41. The van der Waals surface area contributed by atoms with Crippen LogP contribution in [-0.2, 0) is 0 Å². The zero-order valence-electron chi connectivity index (χ0n) is 5.44. The van der Waals surface area contributed by atoms with Crippen LogP contribution >= 0.6 is 67.8 Å². The van der Waals surface area contributed by atoms with Crippen molar-refractivity contribution in [2.45, 2.75) is 25.0 Å². The summed E-state index contributed by atoms with van der Waals surface area (Å²) in [6.07, 6.45) is 1.75. The Kier molecular flexibility index (Phi) is 5.30. The Balaban J connectivity index is 4.10. The highest BCUT2D eigenvalue weighted by molar-refractivity contribution is 14.2. The van der Waals surface area contributed by atoms with Crippen molar-refractivity contribution < 1.29 is 10.2 Å². The molecule has 0 bridgehead atoms. The van der Waals surface area contributed by atoms with Gasteiger partial charge in [0, 0.05) is 0 Å². The van der Waals surface area contributed by atoms with Gasteiger partial charge in [0.05, 0.1) is 0 Å². The van der Waals surface area contributed by atoms with Gasteiger partial charge in [0.25, 0.3) is 0 Å². The smallest absolute Gasteiger partial charge is 0.240 e. The second-order valence-corrected chi connectivity index (χ2v) is 9.29. The van der Waals surface area contributed by atoms with Crippen molar-refractivity contribution in [2.24, 2.45) is 0 Å². The quantitative estimate of drug-likeness (QED) is 0.369. The van der Waals surface area contributed by atoms with E-state index < -0.39 is 5.22 Å². The fourth-order valence-corrected chi connectivity index (χ4v) is 1.82. The minimum absolute atomic E-state index is 0.474. The van der Waals surface area contributed by atoms with Crippen LogP contribution in [0.5, 0.6) is 0 Å². The molecule has 0 unspecified atom stereocenters. The highest BCUT2D eigenvalue weighted by Gasteiger charge is 2.42. The Morgan fingerprint density at radius 1 is 1.20 bits per heavy atom.